The lowest BCUT2D eigenvalue weighted by molar-refractivity contribution is -0.122. The number of rotatable bonds is 4. The van der Waals surface area contributed by atoms with Gasteiger partial charge in [0, 0.05) is 29.2 Å². The molecule has 2 aromatic carbocycles. The maximum atomic E-state index is 13.2. The highest BCUT2D eigenvalue weighted by Crippen LogP contribution is 2.30. The number of aryl methyl sites for hydroxylation is 1. The summed E-state index contributed by atoms with van der Waals surface area (Å²) in [6.07, 6.45) is 4.56. The lowest BCUT2D eigenvalue weighted by atomic mass is 10.1. The molecule has 1 aromatic heterocycles. The normalized spacial score (nSPS) is 16.0. The molecule has 4 rings (SSSR count). The van der Waals surface area contributed by atoms with Gasteiger partial charge in [0.15, 0.2) is 5.11 Å². The van der Waals surface area contributed by atoms with Crippen molar-refractivity contribution in [1.82, 2.24) is 9.88 Å². The first-order valence-electron chi connectivity index (χ1n) is 9.25. The number of benzene rings is 2. The predicted molar refractivity (Wildman–Crippen MR) is 120 cm³/mol. The van der Waals surface area contributed by atoms with Crippen molar-refractivity contribution in [1.29, 1.82) is 0 Å². The number of halogens is 1. The van der Waals surface area contributed by atoms with Gasteiger partial charge in [0.1, 0.15) is 5.57 Å². The molecular formula is C22H18ClN3O2S. The molecule has 0 bridgehead atoms. The van der Waals surface area contributed by atoms with Gasteiger partial charge < -0.3 is 4.57 Å². The number of carbonyl (C=O) groups is 2. The van der Waals surface area contributed by atoms with Crippen molar-refractivity contribution in [2.45, 2.75) is 19.9 Å². The third-order valence-electron chi connectivity index (χ3n) is 4.78. The van der Waals surface area contributed by atoms with Gasteiger partial charge in [-0.05, 0) is 42.9 Å². The highest BCUT2D eigenvalue weighted by Gasteiger charge is 2.35. The van der Waals surface area contributed by atoms with E-state index in [4.69, 9.17) is 23.8 Å². The van der Waals surface area contributed by atoms with Crippen LogP contribution in [0.15, 0.2) is 60.3 Å². The molecule has 0 saturated carbocycles. The van der Waals surface area contributed by atoms with Crippen molar-refractivity contribution in [3.05, 3.63) is 70.9 Å². The molecule has 1 N–H and O–H groups in total. The molecule has 0 aliphatic carbocycles. The Balaban J connectivity index is 1.82. The number of hydrogen-bond donors (Lipinski definition) is 1. The van der Waals surface area contributed by atoms with Crippen LogP contribution in [-0.4, -0.2) is 21.5 Å². The summed E-state index contributed by atoms with van der Waals surface area (Å²) in [5.74, 6) is -1.02. The number of thiocarbonyl (C=S) groups is 1. The van der Waals surface area contributed by atoms with Crippen LogP contribution in [0, 0.1) is 0 Å². The monoisotopic (exact) mass is 423 g/mol. The highest BCUT2D eigenvalue weighted by molar-refractivity contribution is 7.80. The molecule has 0 radical (unpaired) electrons. The van der Waals surface area contributed by atoms with E-state index in [-0.39, 0.29) is 10.7 Å². The molecule has 2 amide bonds. The average Bonchev–Trinajstić information content (AvgIpc) is 3.04. The number of hydrogen-bond acceptors (Lipinski definition) is 3. The van der Waals surface area contributed by atoms with Crippen molar-refractivity contribution in [2.24, 2.45) is 0 Å². The molecule has 2 heterocycles. The zero-order valence-electron chi connectivity index (χ0n) is 15.7. The van der Waals surface area contributed by atoms with Gasteiger partial charge in [0.2, 0.25) is 0 Å². The summed E-state index contributed by atoms with van der Waals surface area (Å²) in [4.78, 5) is 27.1. The van der Waals surface area contributed by atoms with Crippen LogP contribution in [0.5, 0.6) is 0 Å². The van der Waals surface area contributed by atoms with Crippen LogP contribution in [0.2, 0.25) is 5.02 Å². The second-order valence-corrected chi connectivity index (χ2v) is 7.50. The van der Waals surface area contributed by atoms with Gasteiger partial charge in [-0.1, -0.05) is 48.9 Å². The number of anilines is 1. The van der Waals surface area contributed by atoms with E-state index in [0.29, 0.717) is 10.7 Å². The number of carbonyl (C=O) groups excluding carboxylic acids is 2. The fourth-order valence-corrected chi connectivity index (χ4v) is 3.98. The average molecular weight is 424 g/mol. The van der Waals surface area contributed by atoms with Crippen LogP contribution in [0.3, 0.4) is 0 Å². The van der Waals surface area contributed by atoms with E-state index in [2.05, 4.69) is 16.8 Å². The summed E-state index contributed by atoms with van der Waals surface area (Å²) < 4.78 is 2.13. The van der Waals surface area contributed by atoms with Crippen LogP contribution in [0.1, 0.15) is 18.9 Å². The first kappa shape index (κ1) is 19.4. The minimum absolute atomic E-state index is 0.0120. The highest BCUT2D eigenvalue weighted by atomic mass is 35.5. The van der Waals surface area contributed by atoms with E-state index in [0.717, 1.165) is 29.4 Å². The van der Waals surface area contributed by atoms with E-state index in [9.17, 15) is 9.59 Å². The summed E-state index contributed by atoms with van der Waals surface area (Å²) in [7, 11) is 0. The Morgan fingerprint density at radius 1 is 1.10 bits per heavy atom. The lowest BCUT2D eigenvalue weighted by Crippen LogP contribution is -2.54. The van der Waals surface area contributed by atoms with Gasteiger partial charge in [0.05, 0.1) is 10.7 Å². The maximum Gasteiger partial charge on any atom is 0.270 e. The Kier molecular flexibility index (Phi) is 5.22. The van der Waals surface area contributed by atoms with E-state index in [1.54, 1.807) is 30.3 Å². The summed E-state index contributed by atoms with van der Waals surface area (Å²) in [5, 5.41) is 3.96. The molecule has 1 aliphatic heterocycles. The van der Waals surface area contributed by atoms with Crippen LogP contribution in [0.25, 0.3) is 17.0 Å². The zero-order valence-corrected chi connectivity index (χ0v) is 17.3. The van der Waals surface area contributed by atoms with Gasteiger partial charge in [-0.15, -0.1) is 0 Å². The molecule has 5 nitrogen and oxygen atoms in total. The Morgan fingerprint density at radius 2 is 1.83 bits per heavy atom. The molecule has 29 heavy (non-hydrogen) atoms. The fourth-order valence-electron chi connectivity index (χ4n) is 3.48. The Bertz CT molecular complexity index is 1180. The van der Waals surface area contributed by atoms with E-state index in [1.165, 1.54) is 4.90 Å². The smallest absolute Gasteiger partial charge is 0.270 e. The maximum absolute atomic E-state index is 13.2. The van der Waals surface area contributed by atoms with Crippen molar-refractivity contribution in [2.75, 3.05) is 4.90 Å². The van der Waals surface area contributed by atoms with Crippen molar-refractivity contribution < 1.29 is 9.59 Å². The quantitative estimate of drug-likeness (QED) is 0.381. The van der Waals surface area contributed by atoms with E-state index >= 15 is 0 Å². The first-order chi connectivity index (χ1) is 14.0. The van der Waals surface area contributed by atoms with Crippen molar-refractivity contribution in [3.63, 3.8) is 0 Å². The second kappa shape index (κ2) is 7.81. The number of amides is 2. The molecule has 7 heteroatoms. The minimum Gasteiger partial charge on any atom is -0.347 e. The van der Waals surface area contributed by atoms with Crippen molar-refractivity contribution in [3.8, 4) is 0 Å². The van der Waals surface area contributed by atoms with E-state index < -0.39 is 11.8 Å². The van der Waals surface area contributed by atoms with Crippen LogP contribution in [0.4, 0.5) is 5.69 Å². The summed E-state index contributed by atoms with van der Waals surface area (Å²) in [6, 6.07) is 14.8. The van der Waals surface area contributed by atoms with Gasteiger partial charge >= 0.3 is 0 Å². The van der Waals surface area contributed by atoms with E-state index in [1.807, 2.05) is 30.5 Å². The predicted octanol–water partition coefficient (Wildman–Crippen LogP) is 4.54. The van der Waals surface area contributed by atoms with Crippen LogP contribution >= 0.6 is 23.8 Å². The third kappa shape index (κ3) is 3.45. The van der Waals surface area contributed by atoms with Gasteiger partial charge in [0.25, 0.3) is 11.8 Å². The zero-order chi connectivity index (χ0) is 20.5. The molecule has 0 atom stereocenters. The third-order valence-corrected chi connectivity index (χ3v) is 5.38. The Morgan fingerprint density at radius 3 is 2.59 bits per heavy atom. The summed E-state index contributed by atoms with van der Waals surface area (Å²) in [6.45, 7) is 2.95. The van der Waals surface area contributed by atoms with Crippen molar-refractivity contribution >= 4 is 63.4 Å². The number of fused-ring (bicyclic) bond motifs is 1. The number of aromatic nitrogens is 1. The molecule has 0 spiro atoms. The topological polar surface area (TPSA) is 54.3 Å². The molecule has 1 aliphatic rings. The van der Waals surface area contributed by atoms with Gasteiger partial charge in [-0.3, -0.25) is 19.8 Å². The number of nitrogens with one attached hydrogen (secondary N) is 1. The molecule has 0 unspecified atom stereocenters. The molecular weight excluding hydrogens is 406 g/mol. The molecule has 3 aromatic rings. The molecule has 1 saturated heterocycles. The minimum atomic E-state index is -0.518. The second-order valence-electron chi connectivity index (χ2n) is 6.70. The summed E-state index contributed by atoms with van der Waals surface area (Å²) >= 11 is 11.5. The SMILES string of the molecule is CCCn1cc(/C=C2\C(=O)NC(=S)N(c3ccccc3Cl)C2=O)c2ccccc21. The van der Waals surface area contributed by atoms with Gasteiger partial charge in [-0.2, -0.15) is 0 Å². The summed E-state index contributed by atoms with van der Waals surface area (Å²) in [5.41, 5.74) is 2.31. The first-order valence-corrected chi connectivity index (χ1v) is 10.0. The molecule has 1 fully saturated rings. The Labute approximate surface area is 178 Å². The lowest BCUT2D eigenvalue weighted by Gasteiger charge is -2.29. The number of para-hydroxylation sites is 2. The largest absolute Gasteiger partial charge is 0.347 e. The standard InChI is InChI=1S/C22H18ClN3O2S/c1-2-11-25-13-14(15-7-3-5-9-18(15)25)12-16-20(27)24-22(29)26(21(16)28)19-10-6-4-8-17(19)23/h3-10,12-13H,2,11H2,1H3,(H,24,27,29)/b16-12+. The van der Waals surface area contributed by atoms with Crippen LogP contribution < -0.4 is 10.2 Å². The number of nitrogens with zero attached hydrogens (tertiary/aromatic N) is 2. The fraction of sp³-hybridized carbons (Fsp3) is 0.136. The Hall–Kier alpha value is -2.96. The molecule has 146 valence electrons. The van der Waals surface area contributed by atoms with Gasteiger partial charge in [-0.25, -0.2) is 0 Å². The van der Waals surface area contributed by atoms with Crippen LogP contribution in [-0.2, 0) is 16.1 Å².